The fourth-order valence-electron chi connectivity index (χ4n) is 2.45. The number of ether oxygens (including phenoxy) is 1. The highest BCUT2D eigenvalue weighted by atomic mass is 32.2. The molecule has 1 aliphatic rings. The van der Waals surface area contributed by atoms with Gasteiger partial charge in [-0.1, -0.05) is 6.07 Å². The molecule has 2 heterocycles. The van der Waals surface area contributed by atoms with E-state index in [0.29, 0.717) is 22.8 Å². The summed E-state index contributed by atoms with van der Waals surface area (Å²) in [6, 6.07) is 10.6. The van der Waals surface area contributed by atoms with Gasteiger partial charge in [-0.3, -0.25) is 19.3 Å². The molecule has 1 saturated heterocycles. The highest BCUT2D eigenvalue weighted by molar-refractivity contribution is 8.18. The van der Waals surface area contributed by atoms with Gasteiger partial charge in [0.25, 0.3) is 17.1 Å². The van der Waals surface area contributed by atoms with Gasteiger partial charge in [0.2, 0.25) is 0 Å². The number of thioether (sulfide) groups is 1. The minimum Gasteiger partial charge on any atom is -0.494 e. The van der Waals surface area contributed by atoms with Gasteiger partial charge >= 0.3 is 0 Å². The molecule has 140 valence electrons. The maximum atomic E-state index is 12.4. The number of amides is 3. The van der Waals surface area contributed by atoms with Gasteiger partial charge in [0.05, 0.1) is 11.5 Å². The molecule has 0 aliphatic carbocycles. The van der Waals surface area contributed by atoms with Crippen molar-refractivity contribution in [2.24, 2.45) is 0 Å². The predicted octanol–water partition coefficient (Wildman–Crippen LogP) is 3.61. The lowest BCUT2D eigenvalue weighted by molar-refractivity contribution is -0.122. The summed E-state index contributed by atoms with van der Waals surface area (Å²) in [5.74, 6) is 0.109. The van der Waals surface area contributed by atoms with E-state index in [2.05, 4.69) is 5.32 Å². The van der Waals surface area contributed by atoms with Crippen molar-refractivity contribution in [2.75, 3.05) is 19.7 Å². The summed E-state index contributed by atoms with van der Waals surface area (Å²) >= 11 is 2.42. The van der Waals surface area contributed by atoms with Gasteiger partial charge in [0.15, 0.2) is 0 Å². The summed E-state index contributed by atoms with van der Waals surface area (Å²) in [6.45, 7) is 2.77. The molecule has 3 rings (SSSR count). The standard InChI is InChI=1S/C19H18N2O4S2/c1-2-25-14-7-5-13(6-8-14)17(22)20-9-10-21-18(23)16(27-19(21)24)12-15-4-3-11-26-15/h3-8,11-12H,2,9-10H2,1H3,(H,20,22)/b16-12-. The molecule has 2 aromatic rings. The van der Waals surface area contributed by atoms with Gasteiger partial charge in [-0.05, 0) is 60.5 Å². The van der Waals surface area contributed by atoms with Crippen LogP contribution in [0.15, 0.2) is 46.7 Å². The fraction of sp³-hybridized carbons (Fsp3) is 0.211. The molecule has 1 aromatic carbocycles. The zero-order valence-electron chi connectivity index (χ0n) is 14.6. The van der Waals surface area contributed by atoms with Crippen LogP contribution in [0.4, 0.5) is 4.79 Å². The number of nitrogens with zero attached hydrogens (tertiary/aromatic N) is 1. The SMILES string of the molecule is CCOc1ccc(C(=O)NCCN2C(=O)S/C(=C\c3cccs3)C2=O)cc1. The maximum Gasteiger partial charge on any atom is 0.293 e. The van der Waals surface area contributed by atoms with Crippen molar-refractivity contribution in [1.29, 1.82) is 0 Å². The molecule has 1 aliphatic heterocycles. The normalized spacial score (nSPS) is 15.4. The van der Waals surface area contributed by atoms with E-state index in [9.17, 15) is 14.4 Å². The van der Waals surface area contributed by atoms with E-state index in [0.717, 1.165) is 21.5 Å². The number of hydrogen-bond acceptors (Lipinski definition) is 6. The van der Waals surface area contributed by atoms with Crippen molar-refractivity contribution in [2.45, 2.75) is 6.92 Å². The van der Waals surface area contributed by atoms with E-state index in [-0.39, 0.29) is 30.1 Å². The highest BCUT2D eigenvalue weighted by Crippen LogP contribution is 2.32. The van der Waals surface area contributed by atoms with Crippen LogP contribution in [0.25, 0.3) is 6.08 Å². The third-order valence-electron chi connectivity index (χ3n) is 3.74. The molecule has 0 atom stereocenters. The van der Waals surface area contributed by atoms with Crippen LogP contribution in [-0.4, -0.2) is 41.6 Å². The summed E-state index contributed by atoms with van der Waals surface area (Å²) < 4.78 is 5.34. The monoisotopic (exact) mass is 402 g/mol. The van der Waals surface area contributed by atoms with E-state index < -0.39 is 0 Å². The number of imide groups is 1. The summed E-state index contributed by atoms with van der Waals surface area (Å²) in [6.07, 6.45) is 1.72. The molecule has 27 heavy (non-hydrogen) atoms. The number of carbonyl (C=O) groups is 3. The van der Waals surface area contributed by atoms with Crippen molar-refractivity contribution in [3.63, 3.8) is 0 Å². The summed E-state index contributed by atoms with van der Waals surface area (Å²) in [5, 5.41) is 4.31. The summed E-state index contributed by atoms with van der Waals surface area (Å²) in [5.41, 5.74) is 0.491. The Kier molecular flexibility index (Phi) is 6.31. The number of hydrogen-bond donors (Lipinski definition) is 1. The quantitative estimate of drug-likeness (QED) is 0.716. The van der Waals surface area contributed by atoms with Gasteiger partial charge in [-0.25, -0.2) is 0 Å². The van der Waals surface area contributed by atoms with Gasteiger partial charge in [-0.2, -0.15) is 0 Å². The molecule has 1 fully saturated rings. The molecule has 1 N–H and O–H groups in total. The van der Waals surface area contributed by atoms with Crippen LogP contribution in [0.3, 0.4) is 0 Å². The average Bonchev–Trinajstić information content (AvgIpc) is 3.26. The Morgan fingerprint density at radius 1 is 1.22 bits per heavy atom. The zero-order valence-corrected chi connectivity index (χ0v) is 16.3. The number of nitrogens with one attached hydrogen (secondary N) is 1. The second-order valence-corrected chi connectivity index (χ2v) is 7.53. The molecule has 1 aromatic heterocycles. The van der Waals surface area contributed by atoms with Crippen molar-refractivity contribution in [1.82, 2.24) is 10.2 Å². The molecule has 3 amide bonds. The van der Waals surface area contributed by atoms with Crippen molar-refractivity contribution >= 4 is 46.2 Å². The molecule has 0 unspecified atom stereocenters. The largest absolute Gasteiger partial charge is 0.494 e. The van der Waals surface area contributed by atoms with E-state index in [1.165, 1.54) is 11.3 Å². The van der Waals surface area contributed by atoms with E-state index in [1.54, 1.807) is 30.3 Å². The lowest BCUT2D eigenvalue weighted by Crippen LogP contribution is -2.37. The first kappa shape index (κ1) is 19.2. The fourth-order valence-corrected chi connectivity index (χ4v) is 4.04. The topological polar surface area (TPSA) is 75.7 Å². The third-order valence-corrected chi connectivity index (χ3v) is 5.47. The highest BCUT2D eigenvalue weighted by Gasteiger charge is 2.34. The van der Waals surface area contributed by atoms with Gasteiger partial charge in [-0.15, -0.1) is 11.3 Å². The molecule has 8 heteroatoms. The molecule has 0 radical (unpaired) electrons. The first-order valence-corrected chi connectivity index (χ1v) is 10.1. The van der Waals surface area contributed by atoms with Crippen molar-refractivity contribution in [3.05, 3.63) is 57.1 Å². The van der Waals surface area contributed by atoms with Crippen LogP contribution in [-0.2, 0) is 4.79 Å². The third kappa shape index (κ3) is 4.78. The minimum atomic E-state index is -0.325. The van der Waals surface area contributed by atoms with E-state index in [4.69, 9.17) is 4.74 Å². The number of benzene rings is 1. The van der Waals surface area contributed by atoms with Crippen LogP contribution in [0.5, 0.6) is 5.75 Å². The number of rotatable bonds is 7. The van der Waals surface area contributed by atoms with Crippen LogP contribution < -0.4 is 10.1 Å². The molecule has 0 bridgehead atoms. The van der Waals surface area contributed by atoms with Crippen LogP contribution in [0.2, 0.25) is 0 Å². The van der Waals surface area contributed by atoms with E-state index in [1.807, 2.05) is 24.4 Å². The minimum absolute atomic E-state index is 0.134. The number of carbonyl (C=O) groups excluding carboxylic acids is 3. The zero-order chi connectivity index (χ0) is 19.2. The molecule has 0 saturated carbocycles. The van der Waals surface area contributed by atoms with Crippen molar-refractivity contribution in [3.8, 4) is 5.75 Å². The predicted molar refractivity (Wildman–Crippen MR) is 107 cm³/mol. The average molecular weight is 402 g/mol. The van der Waals surface area contributed by atoms with Crippen LogP contribution >= 0.6 is 23.1 Å². The van der Waals surface area contributed by atoms with Gasteiger partial charge in [0.1, 0.15) is 5.75 Å². The Labute approximate surface area is 165 Å². The van der Waals surface area contributed by atoms with Crippen LogP contribution in [0, 0.1) is 0 Å². The Bertz CT molecular complexity index is 860. The van der Waals surface area contributed by atoms with Gasteiger partial charge < -0.3 is 10.1 Å². The molecular formula is C19H18N2O4S2. The first-order chi connectivity index (χ1) is 13.1. The first-order valence-electron chi connectivity index (χ1n) is 8.38. The Balaban J connectivity index is 1.53. The molecule has 6 nitrogen and oxygen atoms in total. The number of thiophene rings is 1. The Hall–Kier alpha value is -2.58. The second-order valence-electron chi connectivity index (χ2n) is 5.56. The Morgan fingerprint density at radius 3 is 2.67 bits per heavy atom. The summed E-state index contributed by atoms with van der Waals surface area (Å²) in [4.78, 5) is 39.1. The molecular weight excluding hydrogens is 384 g/mol. The Morgan fingerprint density at radius 2 is 2.00 bits per heavy atom. The summed E-state index contributed by atoms with van der Waals surface area (Å²) in [7, 11) is 0. The smallest absolute Gasteiger partial charge is 0.293 e. The maximum absolute atomic E-state index is 12.4. The lowest BCUT2D eigenvalue weighted by Gasteiger charge is -2.13. The van der Waals surface area contributed by atoms with E-state index >= 15 is 0 Å². The second kappa shape index (κ2) is 8.88. The molecule has 0 spiro atoms. The lowest BCUT2D eigenvalue weighted by atomic mass is 10.2. The van der Waals surface area contributed by atoms with Gasteiger partial charge in [0, 0.05) is 23.5 Å². The van der Waals surface area contributed by atoms with Crippen LogP contribution in [0.1, 0.15) is 22.2 Å². The van der Waals surface area contributed by atoms with Crippen molar-refractivity contribution < 1.29 is 19.1 Å².